The molecule has 0 spiro atoms. The maximum absolute atomic E-state index is 11.0. The number of carbonyl (C=O) groups is 1. The van der Waals surface area contributed by atoms with Gasteiger partial charge < -0.3 is 10.2 Å². The normalized spacial score (nSPS) is 15.7. The SMILES string of the molecule is CON(C)C(=O)C(C)(O)CO. The predicted octanol–water partition coefficient (Wildman–Crippen LogP) is -1.25. The zero-order valence-corrected chi connectivity index (χ0v) is 6.87. The number of hydrogen-bond donors (Lipinski definition) is 2. The van der Waals surface area contributed by atoms with Crippen LogP contribution in [0.4, 0.5) is 0 Å². The smallest absolute Gasteiger partial charge is 0.279 e. The quantitative estimate of drug-likeness (QED) is 0.510. The minimum absolute atomic E-state index is 0.625. The fraction of sp³-hybridized carbons (Fsp3) is 0.833. The number of hydrogen-bond acceptors (Lipinski definition) is 4. The Balaban J connectivity index is 4.23. The molecular weight excluding hydrogens is 150 g/mol. The Morgan fingerprint density at radius 1 is 1.73 bits per heavy atom. The molecule has 1 amide bonds. The van der Waals surface area contributed by atoms with Crippen molar-refractivity contribution in [2.75, 3.05) is 20.8 Å². The second-order valence-electron chi connectivity index (χ2n) is 2.42. The van der Waals surface area contributed by atoms with Gasteiger partial charge in [0, 0.05) is 7.05 Å². The lowest BCUT2D eigenvalue weighted by Gasteiger charge is -2.24. The number of aliphatic hydroxyl groups excluding tert-OH is 1. The van der Waals surface area contributed by atoms with Gasteiger partial charge in [-0.15, -0.1) is 0 Å². The first kappa shape index (κ1) is 10.3. The van der Waals surface area contributed by atoms with Gasteiger partial charge in [-0.2, -0.15) is 0 Å². The molecule has 11 heavy (non-hydrogen) atoms. The summed E-state index contributed by atoms with van der Waals surface area (Å²) in [4.78, 5) is 15.5. The van der Waals surface area contributed by atoms with Crippen LogP contribution in [0.1, 0.15) is 6.92 Å². The van der Waals surface area contributed by atoms with E-state index in [2.05, 4.69) is 4.84 Å². The monoisotopic (exact) mass is 163 g/mol. The molecule has 0 fully saturated rings. The summed E-state index contributed by atoms with van der Waals surface area (Å²) in [5, 5.41) is 18.6. The predicted molar refractivity (Wildman–Crippen MR) is 37.5 cm³/mol. The Bertz CT molecular complexity index is 146. The third kappa shape index (κ3) is 2.45. The Morgan fingerprint density at radius 3 is 2.45 bits per heavy atom. The molecule has 0 aliphatic rings. The minimum atomic E-state index is -1.76. The molecule has 0 saturated heterocycles. The highest BCUT2D eigenvalue weighted by Gasteiger charge is 2.32. The van der Waals surface area contributed by atoms with Crippen molar-refractivity contribution >= 4 is 5.91 Å². The van der Waals surface area contributed by atoms with Crippen molar-refractivity contribution in [3.63, 3.8) is 0 Å². The minimum Gasteiger partial charge on any atom is -0.393 e. The van der Waals surface area contributed by atoms with E-state index in [-0.39, 0.29) is 0 Å². The molecule has 1 unspecified atom stereocenters. The molecule has 0 rings (SSSR count). The zero-order valence-electron chi connectivity index (χ0n) is 6.87. The van der Waals surface area contributed by atoms with Gasteiger partial charge in [0.25, 0.3) is 5.91 Å². The van der Waals surface area contributed by atoms with Crippen molar-refractivity contribution in [1.29, 1.82) is 0 Å². The van der Waals surface area contributed by atoms with E-state index in [1.54, 1.807) is 0 Å². The summed E-state index contributed by atoms with van der Waals surface area (Å²) in [6, 6.07) is 0. The lowest BCUT2D eigenvalue weighted by molar-refractivity contribution is -0.190. The van der Waals surface area contributed by atoms with E-state index in [4.69, 9.17) is 5.11 Å². The third-order valence-corrected chi connectivity index (χ3v) is 1.33. The average molecular weight is 163 g/mol. The molecule has 2 N–H and O–H groups in total. The Kier molecular flexibility index (Phi) is 3.44. The van der Waals surface area contributed by atoms with Gasteiger partial charge in [-0.05, 0) is 6.92 Å². The van der Waals surface area contributed by atoms with Gasteiger partial charge in [-0.25, -0.2) is 5.06 Å². The van der Waals surface area contributed by atoms with Crippen molar-refractivity contribution in [2.24, 2.45) is 0 Å². The average Bonchev–Trinajstić information content (AvgIpc) is 2.01. The highest BCUT2D eigenvalue weighted by atomic mass is 16.7. The third-order valence-electron chi connectivity index (χ3n) is 1.33. The number of likely N-dealkylation sites (N-methyl/N-ethyl adjacent to an activating group) is 1. The number of aliphatic hydroxyl groups is 2. The molecule has 66 valence electrons. The first-order valence-electron chi connectivity index (χ1n) is 3.11. The van der Waals surface area contributed by atoms with Crippen LogP contribution in [0.5, 0.6) is 0 Å². The zero-order chi connectivity index (χ0) is 9.07. The van der Waals surface area contributed by atoms with Crippen molar-refractivity contribution in [3.05, 3.63) is 0 Å². The highest BCUT2D eigenvalue weighted by molar-refractivity contribution is 5.83. The summed E-state index contributed by atoms with van der Waals surface area (Å²) < 4.78 is 0. The van der Waals surface area contributed by atoms with Crippen molar-refractivity contribution < 1.29 is 19.8 Å². The summed E-state index contributed by atoms with van der Waals surface area (Å²) >= 11 is 0. The molecule has 0 radical (unpaired) electrons. The lowest BCUT2D eigenvalue weighted by Crippen LogP contribution is -2.47. The topological polar surface area (TPSA) is 70.0 Å². The molecule has 0 aliphatic heterocycles. The number of amides is 1. The van der Waals surface area contributed by atoms with E-state index in [0.717, 1.165) is 5.06 Å². The van der Waals surface area contributed by atoms with Gasteiger partial charge in [0.05, 0.1) is 13.7 Å². The van der Waals surface area contributed by atoms with Crippen molar-refractivity contribution in [1.82, 2.24) is 5.06 Å². The molecule has 0 bridgehead atoms. The lowest BCUT2D eigenvalue weighted by atomic mass is 10.1. The van der Waals surface area contributed by atoms with Crippen molar-refractivity contribution in [3.8, 4) is 0 Å². The van der Waals surface area contributed by atoms with Gasteiger partial charge in [0.1, 0.15) is 0 Å². The Labute approximate surface area is 65.1 Å². The number of carbonyl (C=O) groups excluding carboxylic acids is 1. The van der Waals surface area contributed by atoms with Crippen LogP contribution in [0.3, 0.4) is 0 Å². The van der Waals surface area contributed by atoms with E-state index in [9.17, 15) is 9.90 Å². The molecule has 0 aliphatic carbocycles. The molecule has 0 heterocycles. The summed E-state index contributed by atoms with van der Waals surface area (Å²) in [7, 11) is 2.65. The van der Waals surface area contributed by atoms with Crippen LogP contribution in [0.2, 0.25) is 0 Å². The molecule has 1 atom stereocenters. The Hall–Kier alpha value is -0.650. The van der Waals surface area contributed by atoms with E-state index in [1.807, 2.05) is 0 Å². The molecular formula is C6H13NO4. The van der Waals surface area contributed by atoms with Crippen LogP contribution in [0, 0.1) is 0 Å². The summed E-state index contributed by atoms with van der Waals surface area (Å²) in [6.45, 7) is 0.588. The maximum atomic E-state index is 11.0. The molecule has 0 saturated carbocycles. The van der Waals surface area contributed by atoms with Crippen LogP contribution < -0.4 is 0 Å². The fourth-order valence-corrected chi connectivity index (χ4v) is 0.490. The van der Waals surface area contributed by atoms with E-state index < -0.39 is 18.1 Å². The number of hydroxylamine groups is 2. The molecule has 5 heteroatoms. The van der Waals surface area contributed by atoms with Crippen molar-refractivity contribution in [2.45, 2.75) is 12.5 Å². The standard InChI is InChI=1S/C6H13NO4/c1-6(10,4-8)5(9)7(2)11-3/h8,10H,4H2,1-3H3. The summed E-state index contributed by atoms with van der Waals surface area (Å²) in [6.07, 6.45) is 0. The summed E-state index contributed by atoms with van der Waals surface area (Å²) in [5.74, 6) is -0.678. The second kappa shape index (κ2) is 3.66. The highest BCUT2D eigenvalue weighted by Crippen LogP contribution is 2.05. The van der Waals surface area contributed by atoms with Crippen LogP contribution in [0.25, 0.3) is 0 Å². The summed E-state index contributed by atoms with van der Waals surface area (Å²) in [5.41, 5.74) is -1.76. The first-order valence-corrected chi connectivity index (χ1v) is 3.11. The van der Waals surface area contributed by atoms with Crippen LogP contribution >= 0.6 is 0 Å². The largest absolute Gasteiger partial charge is 0.393 e. The molecule has 5 nitrogen and oxygen atoms in total. The van der Waals surface area contributed by atoms with Gasteiger partial charge >= 0.3 is 0 Å². The molecule has 0 aromatic carbocycles. The fourth-order valence-electron chi connectivity index (χ4n) is 0.490. The maximum Gasteiger partial charge on any atom is 0.279 e. The van der Waals surface area contributed by atoms with Crippen LogP contribution in [0.15, 0.2) is 0 Å². The van der Waals surface area contributed by atoms with E-state index >= 15 is 0 Å². The van der Waals surface area contributed by atoms with Gasteiger partial charge in [-0.1, -0.05) is 0 Å². The first-order chi connectivity index (χ1) is 4.95. The Morgan fingerprint density at radius 2 is 2.18 bits per heavy atom. The molecule has 0 aromatic rings. The van der Waals surface area contributed by atoms with E-state index in [1.165, 1.54) is 21.1 Å². The van der Waals surface area contributed by atoms with Gasteiger partial charge in [-0.3, -0.25) is 9.63 Å². The van der Waals surface area contributed by atoms with E-state index in [0.29, 0.717) is 0 Å². The second-order valence-corrected chi connectivity index (χ2v) is 2.42. The molecule has 0 aromatic heterocycles. The van der Waals surface area contributed by atoms with Crippen LogP contribution in [-0.4, -0.2) is 47.5 Å². The number of rotatable bonds is 3. The van der Waals surface area contributed by atoms with Gasteiger partial charge in [0.15, 0.2) is 5.60 Å². The van der Waals surface area contributed by atoms with Crippen LogP contribution in [-0.2, 0) is 9.63 Å². The number of nitrogens with zero attached hydrogens (tertiary/aromatic N) is 1. The van der Waals surface area contributed by atoms with Gasteiger partial charge in [0.2, 0.25) is 0 Å².